The number of aromatic amines is 1. The van der Waals surface area contributed by atoms with Gasteiger partial charge in [-0.25, -0.2) is 4.98 Å². The van der Waals surface area contributed by atoms with Gasteiger partial charge in [0, 0.05) is 5.56 Å². The molecule has 34 heavy (non-hydrogen) atoms. The molecule has 1 aromatic heterocycles. The van der Waals surface area contributed by atoms with Crippen LogP contribution in [0.3, 0.4) is 0 Å². The van der Waals surface area contributed by atoms with E-state index in [2.05, 4.69) is 9.97 Å². The second-order valence-electron chi connectivity index (χ2n) is 8.32. The van der Waals surface area contributed by atoms with Crippen LogP contribution in [0.2, 0.25) is 0 Å². The van der Waals surface area contributed by atoms with Gasteiger partial charge in [0.05, 0.1) is 29.8 Å². The summed E-state index contributed by atoms with van der Waals surface area (Å²) >= 11 is 0. The van der Waals surface area contributed by atoms with Gasteiger partial charge < -0.3 is 14.8 Å². The number of amides is 1. The average molecular weight is 453 g/mol. The van der Waals surface area contributed by atoms with Gasteiger partial charge in [-0.15, -0.1) is 0 Å². The predicted octanol–water partition coefficient (Wildman–Crippen LogP) is 4.81. The molecule has 0 bridgehead atoms. The molecule has 1 aliphatic rings. The highest BCUT2D eigenvalue weighted by atomic mass is 16.5. The molecule has 1 fully saturated rings. The number of aromatic nitrogens is 2. The topological polar surface area (TPSA) is 95.5 Å². The van der Waals surface area contributed by atoms with Gasteiger partial charge in [-0.1, -0.05) is 42.5 Å². The van der Waals surface area contributed by atoms with Crippen molar-refractivity contribution in [2.24, 2.45) is 0 Å². The first kappa shape index (κ1) is 21.5. The maximum atomic E-state index is 13.3. The Kier molecular flexibility index (Phi) is 5.17. The third-order valence-corrected chi connectivity index (χ3v) is 6.24. The number of nitrogens with one attached hydrogen (secondary N) is 1. The number of aliphatic hydroxyl groups excluding tert-OH is 1. The molecule has 0 saturated carbocycles. The van der Waals surface area contributed by atoms with Crippen molar-refractivity contribution in [1.29, 1.82) is 0 Å². The number of benzene rings is 3. The summed E-state index contributed by atoms with van der Waals surface area (Å²) < 4.78 is 5.26. The van der Waals surface area contributed by atoms with Crippen LogP contribution in [0.15, 0.2) is 72.3 Å². The molecule has 4 aromatic rings. The number of fused-ring (bicyclic) bond motifs is 1. The van der Waals surface area contributed by atoms with E-state index in [0.717, 1.165) is 16.6 Å². The first-order valence-electron chi connectivity index (χ1n) is 10.9. The Bertz CT molecular complexity index is 1410. The van der Waals surface area contributed by atoms with E-state index in [-0.39, 0.29) is 17.3 Å². The fraction of sp³-hybridized carbons (Fsp3) is 0.148. The summed E-state index contributed by atoms with van der Waals surface area (Å²) in [6.45, 7) is 3.99. The number of nitrogens with zero attached hydrogens (tertiary/aromatic N) is 2. The Morgan fingerprint density at radius 1 is 1.00 bits per heavy atom. The SMILES string of the molecule is COc1ccc(C2/C(=C(\O)c3ccccc3)C(=O)C(=O)N2c2nc3cc(C)c(C)cc3[nH]2)cc1. The van der Waals surface area contributed by atoms with Crippen LogP contribution < -0.4 is 9.64 Å². The van der Waals surface area contributed by atoms with Gasteiger partial charge in [0.2, 0.25) is 5.95 Å². The number of imidazole rings is 1. The number of ketones is 1. The third-order valence-electron chi connectivity index (χ3n) is 6.24. The van der Waals surface area contributed by atoms with Crippen molar-refractivity contribution in [3.8, 4) is 5.75 Å². The third kappa shape index (κ3) is 3.42. The lowest BCUT2D eigenvalue weighted by atomic mass is 9.95. The van der Waals surface area contributed by atoms with Crippen molar-refractivity contribution >= 4 is 34.4 Å². The van der Waals surface area contributed by atoms with Crippen LogP contribution in [0.1, 0.15) is 28.3 Å². The summed E-state index contributed by atoms with van der Waals surface area (Å²) in [5.41, 5.74) is 4.71. The summed E-state index contributed by atoms with van der Waals surface area (Å²) in [5.74, 6) is -0.876. The van der Waals surface area contributed by atoms with Gasteiger partial charge in [0.25, 0.3) is 5.78 Å². The lowest BCUT2D eigenvalue weighted by Crippen LogP contribution is -2.30. The molecule has 2 N–H and O–H groups in total. The molecule has 3 aromatic carbocycles. The lowest BCUT2D eigenvalue weighted by molar-refractivity contribution is -0.132. The van der Waals surface area contributed by atoms with Crippen LogP contribution >= 0.6 is 0 Å². The van der Waals surface area contributed by atoms with Gasteiger partial charge in [0.1, 0.15) is 11.5 Å². The molecule has 0 radical (unpaired) electrons. The number of aryl methyl sites for hydroxylation is 2. The van der Waals surface area contributed by atoms with Crippen LogP contribution in [0.25, 0.3) is 16.8 Å². The van der Waals surface area contributed by atoms with E-state index in [0.29, 0.717) is 22.4 Å². The fourth-order valence-corrected chi connectivity index (χ4v) is 4.27. The number of anilines is 1. The minimum absolute atomic E-state index is 0.00850. The number of rotatable bonds is 4. The number of aliphatic hydroxyl groups is 1. The van der Waals surface area contributed by atoms with E-state index < -0.39 is 17.7 Å². The standard InChI is InChI=1S/C27H23N3O4/c1-15-13-20-21(14-16(15)2)29-27(28-20)30-23(17-9-11-19(34-3)12-10-17)22(25(32)26(30)33)24(31)18-7-5-4-6-8-18/h4-14,23,31H,1-3H3,(H,28,29)/b24-22+. The Balaban J connectivity index is 1.73. The summed E-state index contributed by atoms with van der Waals surface area (Å²) in [5, 5.41) is 11.1. The maximum absolute atomic E-state index is 13.3. The van der Waals surface area contributed by atoms with Gasteiger partial charge >= 0.3 is 5.91 Å². The number of Topliss-reactive ketones (excluding diaryl/α,β-unsaturated/α-hetero) is 1. The molecule has 0 aliphatic carbocycles. The van der Waals surface area contributed by atoms with E-state index in [1.807, 2.05) is 32.0 Å². The highest BCUT2D eigenvalue weighted by Gasteiger charge is 2.48. The molecule has 1 unspecified atom stereocenters. The first-order valence-corrected chi connectivity index (χ1v) is 10.9. The zero-order valence-corrected chi connectivity index (χ0v) is 19.0. The van der Waals surface area contributed by atoms with E-state index >= 15 is 0 Å². The monoisotopic (exact) mass is 453 g/mol. The summed E-state index contributed by atoms with van der Waals surface area (Å²) in [6.07, 6.45) is 0. The van der Waals surface area contributed by atoms with Crippen LogP contribution in [-0.4, -0.2) is 33.9 Å². The van der Waals surface area contributed by atoms with Crippen molar-refractivity contribution < 1.29 is 19.4 Å². The summed E-state index contributed by atoms with van der Waals surface area (Å²) in [4.78, 5) is 35.7. The highest BCUT2D eigenvalue weighted by molar-refractivity contribution is 6.51. The molecule has 2 heterocycles. The first-order chi connectivity index (χ1) is 16.4. The number of carbonyl (C=O) groups is 2. The van der Waals surface area contributed by atoms with Gasteiger partial charge in [-0.05, 0) is 54.8 Å². The molecule has 5 rings (SSSR count). The number of H-pyrrole nitrogens is 1. The second-order valence-corrected chi connectivity index (χ2v) is 8.32. The molecule has 7 heteroatoms. The van der Waals surface area contributed by atoms with Crippen LogP contribution in [0.5, 0.6) is 5.75 Å². The van der Waals surface area contributed by atoms with E-state index in [9.17, 15) is 14.7 Å². The number of hydrogen-bond acceptors (Lipinski definition) is 5. The normalized spacial score (nSPS) is 17.5. The zero-order valence-electron chi connectivity index (χ0n) is 19.0. The van der Waals surface area contributed by atoms with Crippen LogP contribution in [0.4, 0.5) is 5.95 Å². The van der Waals surface area contributed by atoms with Crippen molar-refractivity contribution in [1.82, 2.24) is 9.97 Å². The molecule has 1 atom stereocenters. The average Bonchev–Trinajstić information content (AvgIpc) is 3.37. The Labute approximate surface area is 196 Å². The Morgan fingerprint density at radius 3 is 2.35 bits per heavy atom. The van der Waals surface area contributed by atoms with Crippen LogP contribution in [0, 0.1) is 13.8 Å². The smallest absolute Gasteiger partial charge is 0.302 e. The van der Waals surface area contributed by atoms with Crippen molar-refractivity contribution in [3.05, 3.63) is 94.6 Å². The molecule has 0 spiro atoms. The number of carbonyl (C=O) groups excluding carboxylic acids is 2. The quantitative estimate of drug-likeness (QED) is 0.263. The van der Waals surface area contributed by atoms with Crippen molar-refractivity contribution in [3.63, 3.8) is 0 Å². The van der Waals surface area contributed by atoms with Gasteiger partial charge in [0.15, 0.2) is 0 Å². The molecule has 1 amide bonds. The summed E-state index contributed by atoms with van der Waals surface area (Å²) in [6, 6.07) is 18.8. The molecule has 7 nitrogen and oxygen atoms in total. The fourth-order valence-electron chi connectivity index (χ4n) is 4.27. The maximum Gasteiger partial charge on any atom is 0.302 e. The van der Waals surface area contributed by atoms with Gasteiger partial charge in [-0.2, -0.15) is 0 Å². The highest BCUT2D eigenvalue weighted by Crippen LogP contribution is 2.42. The minimum Gasteiger partial charge on any atom is -0.507 e. The molecule has 170 valence electrons. The van der Waals surface area contributed by atoms with Crippen LogP contribution in [-0.2, 0) is 9.59 Å². The number of methoxy groups -OCH3 is 1. The molecular formula is C27H23N3O4. The van der Waals surface area contributed by atoms with E-state index in [1.54, 1.807) is 55.6 Å². The number of hydrogen-bond donors (Lipinski definition) is 2. The molecule has 1 saturated heterocycles. The van der Waals surface area contributed by atoms with E-state index in [1.165, 1.54) is 4.90 Å². The van der Waals surface area contributed by atoms with Crippen molar-refractivity contribution in [2.75, 3.05) is 12.0 Å². The minimum atomic E-state index is -0.867. The number of ether oxygens (including phenoxy) is 1. The molecule has 1 aliphatic heterocycles. The van der Waals surface area contributed by atoms with Gasteiger partial charge in [-0.3, -0.25) is 14.5 Å². The Morgan fingerprint density at radius 2 is 1.68 bits per heavy atom. The second kappa shape index (κ2) is 8.19. The molecular weight excluding hydrogens is 430 g/mol. The van der Waals surface area contributed by atoms with E-state index in [4.69, 9.17) is 4.74 Å². The van der Waals surface area contributed by atoms with Crippen molar-refractivity contribution in [2.45, 2.75) is 19.9 Å². The summed E-state index contributed by atoms with van der Waals surface area (Å²) in [7, 11) is 1.56. The largest absolute Gasteiger partial charge is 0.507 e. The lowest BCUT2D eigenvalue weighted by Gasteiger charge is -2.23. The predicted molar refractivity (Wildman–Crippen MR) is 130 cm³/mol. The zero-order chi connectivity index (χ0) is 24.0. The Hall–Kier alpha value is -4.39.